The average molecular weight is 561 g/mol. The van der Waals surface area contributed by atoms with Gasteiger partial charge in [0.1, 0.15) is 11.5 Å². The molecule has 4 aromatic rings. The highest BCUT2D eigenvalue weighted by atomic mass is 16.5. The van der Waals surface area contributed by atoms with Gasteiger partial charge in [-0.2, -0.15) is 10.2 Å². The number of hydrazone groups is 2. The maximum atomic E-state index is 12.3. The minimum absolute atomic E-state index is 0.163. The van der Waals surface area contributed by atoms with Crippen LogP contribution in [0.1, 0.15) is 34.7 Å². The van der Waals surface area contributed by atoms with Crippen molar-refractivity contribution in [1.29, 1.82) is 0 Å². The molecule has 0 aliphatic heterocycles. The van der Waals surface area contributed by atoms with Crippen molar-refractivity contribution in [1.82, 2.24) is 10.9 Å². The van der Waals surface area contributed by atoms with Crippen LogP contribution in [0.5, 0.6) is 11.5 Å². The monoisotopic (exact) mass is 560 g/mol. The Labute approximate surface area is 245 Å². The van der Waals surface area contributed by atoms with Gasteiger partial charge < -0.3 is 9.47 Å². The van der Waals surface area contributed by atoms with Crippen LogP contribution in [0, 0.1) is 0 Å². The lowest BCUT2D eigenvalue weighted by molar-refractivity contribution is -0.123. The van der Waals surface area contributed by atoms with E-state index in [2.05, 4.69) is 53.4 Å². The van der Waals surface area contributed by atoms with E-state index in [-0.39, 0.29) is 25.0 Å². The Bertz CT molecular complexity index is 1550. The molecule has 0 bridgehead atoms. The van der Waals surface area contributed by atoms with Gasteiger partial charge in [-0.05, 0) is 65.1 Å². The summed E-state index contributed by atoms with van der Waals surface area (Å²) in [4.78, 5) is 23.9. The summed E-state index contributed by atoms with van der Waals surface area (Å²) < 4.78 is 11.3. The molecule has 4 rings (SSSR count). The first-order valence-corrected chi connectivity index (χ1v) is 13.2. The summed E-state index contributed by atoms with van der Waals surface area (Å²) in [6.45, 7) is 8.79. The smallest absolute Gasteiger partial charge is 0.277 e. The van der Waals surface area contributed by atoms with Crippen LogP contribution in [0.4, 0.5) is 0 Å². The molecule has 2 N–H and O–H groups in total. The van der Waals surface area contributed by atoms with Crippen molar-refractivity contribution < 1.29 is 19.1 Å². The Morgan fingerprint density at radius 2 is 1.26 bits per heavy atom. The third-order valence-corrected chi connectivity index (χ3v) is 6.71. The van der Waals surface area contributed by atoms with E-state index in [0.717, 1.165) is 27.8 Å². The molecule has 0 heterocycles. The molecule has 0 saturated heterocycles. The van der Waals surface area contributed by atoms with Gasteiger partial charge in [-0.1, -0.05) is 85.5 Å². The fourth-order valence-corrected chi connectivity index (χ4v) is 4.44. The van der Waals surface area contributed by atoms with Crippen molar-refractivity contribution in [3.05, 3.63) is 138 Å². The van der Waals surface area contributed by atoms with E-state index in [9.17, 15) is 9.59 Å². The van der Waals surface area contributed by atoms with Gasteiger partial charge in [0.15, 0.2) is 13.2 Å². The molecule has 1 atom stereocenters. The number of benzene rings is 4. The van der Waals surface area contributed by atoms with Crippen molar-refractivity contribution in [2.45, 2.75) is 12.3 Å². The molecule has 8 heteroatoms. The topological polar surface area (TPSA) is 101 Å². The number of nitrogens with zero attached hydrogens (tertiary/aromatic N) is 2. The predicted octanol–water partition coefficient (Wildman–Crippen LogP) is 5.32. The Morgan fingerprint density at radius 3 is 1.81 bits per heavy atom. The maximum Gasteiger partial charge on any atom is 0.277 e. The molecule has 212 valence electrons. The van der Waals surface area contributed by atoms with E-state index in [4.69, 9.17) is 9.47 Å². The van der Waals surface area contributed by atoms with Crippen LogP contribution in [0.2, 0.25) is 0 Å². The summed E-state index contributed by atoms with van der Waals surface area (Å²) in [6.07, 6.45) is 3.32. The zero-order valence-electron chi connectivity index (χ0n) is 23.3. The number of ether oxygens (including phenoxy) is 2. The third-order valence-electron chi connectivity index (χ3n) is 6.71. The highest BCUT2D eigenvalue weighted by molar-refractivity contribution is 5.83. The first-order chi connectivity index (χ1) is 20.4. The second-order valence-electron chi connectivity index (χ2n) is 9.48. The van der Waals surface area contributed by atoms with Crippen molar-refractivity contribution in [3.63, 3.8) is 0 Å². The lowest BCUT2D eigenvalue weighted by Crippen LogP contribution is -2.26. The van der Waals surface area contributed by atoms with Crippen LogP contribution in [0.15, 0.2) is 120 Å². The van der Waals surface area contributed by atoms with E-state index >= 15 is 0 Å². The molecule has 4 aromatic carbocycles. The summed E-state index contributed by atoms with van der Waals surface area (Å²) in [5, 5.41) is 7.35. The summed E-state index contributed by atoms with van der Waals surface area (Å²) in [5.41, 5.74) is 9.19. The first-order valence-electron chi connectivity index (χ1n) is 13.2. The molecule has 2 amide bonds. The summed E-state index contributed by atoms with van der Waals surface area (Å²) >= 11 is 0. The molecular weight excluding hydrogens is 528 g/mol. The van der Waals surface area contributed by atoms with Crippen molar-refractivity contribution in [3.8, 4) is 11.5 Å². The molecule has 8 nitrogen and oxygen atoms in total. The van der Waals surface area contributed by atoms with Gasteiger partial charge in [0, 0.05) is 12.1 Å². The standard InChI is InChI=1S/C34H32N4O4/c1-4-25-9-8-10-26(21-25)22-36-38-33(40)24-42-31-19-15-29(16-20-31)34(2,27-11-6-5-7-12-27)28-13-17-30(18-14-28)41-23-32(39)37-35-3/h4-22H,1,3,23-24H2,2H3,(H,37,39)(H,38,40)/b36-22+. The van der Waals surface area contributed by atoms with Crippen LogP contribution in [-0.2, 0) is 15.0 Å². The van der Waals surface area contributed by atoms with Crippen LogP contribution >= 0.6 is 0 Å². The number of nitrogens with one attached hydrogen (secondary N) is 2. The lowest BCUT2D eigenvalue weighted by atomic mass is 9.71. The predicted molar refractivity (Wildman–Crippen MR) is 166 cm³/mol. The van der Waals surface area contributed by atoms with Crippen LogP contribution in [0.3, 0.4) is 0 Å². The molecule has 42 heavy (non-hydrogen) atoms. The Balaban J connectivity index is 1.43. The summed E-state index contributed by atoms with van der Waals surface area (Å²) in [5.74, 6) is 0.364. The molecule has 0 aliphatic carbocycles. The molecule has 0 fully saturated rings. The number of hydrogen-bond acceptors (Lipinski definition) is 6. The van der Waals surface area contributed by atoms with Gasteiger partial charge in [0.2, 0.25) is 0 Å². The minimum Gasteiger partial charge on any atom is -0.484 e. The fraction of sp³-hybridized carbons (Fsp3) is 0.118. The molecule has 0 radical (unpaired) electrons. The molecule has 0 aliphatic rings. The second-order valence-corrected chi connectivity index (χ2v) is 9.48. The van der Waals surface area contributed by atoms with Crippen molar-refractivity contribution in [2.75, 3.05) is 13.2 Å². The van der Waals surface area contributed by atoms with E-state index in [0.29, 0.717) is 11.5 Å². The maximum absolute atomic E-state index is 12.3. The number of carbonyl (C=O) groups is 2. The first kappa shape index (κ1) is 29.5. The molecular formula is C34H32N4O4. The molecule has 0 aromatic heterocycles. The lowest BCUT2D eigenvalue weighted by Gasteiger charge is -2.32. The second kappa shape index (κ2) is 14.2. The zero-order valence-corrected chi connectivity index (χ0v) is 23.3. The van der Waals surface area contributed by atoms with Gasteiger partial charge >= 0.3 is 0 Å². The number of carbonyl (C=O) groups excluding carboxylic acids is 2. The van der Waals surface area contributed by atoms with Crippen molar-refractivity contribution in [2.24, 2.45) is 10.2 Å². The average Bonchev–Trinajstić information content (AvgIpc) is 3.03. The van der Waals surface area contributed by atoms with E-state index in [1.807, 2.05) is 91.0 Å². The molecule has 0 spiro atoms. The quantitative estimate of drug-likeness (QED) is 0.131. The number of hydrogen-bond donors (Lipinski definition) is 2. The van der Waals surface area contributed by atoms with Gasteiger partial charge in [-0.15, -0.1) is 0 Å². The van der Waals surface area contributed by atoms with Gasteiger partial charge in [-0.3, -0.25) is 9.59 Å². The minimum atomic E-state index is -0.503. The molecule has 1 unspecified atom stereocenters. The Hall–Kier alpha value is -5.50. The zero-order chi connectivity index (χ0) is 29.8. The third kappa shape index (κ3) is 7.57. The number of amides is 2. The molecule has 0 saturated carbocycles. The van der Waals surface area contributed by atoms with Gasteiger partial charge in [0.05, 0.1) is 6.21 Å². The van der Waals surface area contributed by atoms with Gasteiger partial charge in [0.25, 0.3) is 11.8 Å². The highest BCUT2D eigenvalue weighted by Gasteiger charge is 2.31. The van der Waals surface area contributed by atoms with Crippen LogP contribution in [-0.4, -0.2) is 38.0 Å². The summed E-state index contributed by atoms with van der Waals surface area (Å²) in [6, 6.07) is 33.1. The SMILES string of the molecule is C=Cc1cccc(/C=N/NC(=O)COc2ccc(C(C)(c3ccccc3)c3ccc(OCC(=O)NN=C)cc3)cc2)c1. The number of rotatable bonds is 13. The Morgan fingerprint density at radius 1 is 0.738 bits per heavy atom. The van der Waals surface area contributed by atoms with E-state index < -0.39 is 5.41 Å². The largest absolute Gasteiger partial charge is 0.484 e. The highest BCUT2D eigenvalue weighted by Crippen LogP contribution is 2.39. The van der Waals surface area contributed by atoms with Crippen LogP contribution in [0.25, 0.3) is 6.08 Å². The van der Waals surface area contributed by atoms with E-state index in [1.54, 1.807) is 12.3 Å². The normalized spacial score (nSPS) is 12.1. The van der Waals surface area contributed by atoms with Gasteiger partial charge in [-0.25, -0.2) is 10.9 Å². The Kier molecular flexibility index (Phi) is 9.99. The van der Waals surface area contributed by atoms with E-state index in [1.165, 1.54) is 0 Å². The van der Waals surface area contributed by atoms with Crippen LogP contribution < -0.4 is 20.3 Å². The fourth-order valence-electron chi connectivity index (χ4n) is 4.44. The summed E-state index contributed by atoms with van der Waals surface area (Å²) in [7, 11) is 0. The van der Waals surface area contributed by atoms with Crippen molar-refractivity contribution >= 4 is 30.8 Å².